The number of rotatable bonds is 3. The molecular formula is C10H10N2O4S. The van der Waals surface area contributed by atoms with Crippen LogP contribution in [0.5, 0.6) is 0 Å². The number of carbonyl (C=O) groups excluding carboxylic acids is 1. The number of hydrogen-bond donors (Lipinski definition) is 2. The number of benzene rings is 1. The number of amides is 1. The van der Waals surface area contributed by atoms with Crippen molar-refractivity contribution in [3.8, 4) is 0 Å². The van der Waals surface area contributed by atoms with Crippen LogP contribution in [0.2, 0.25) is 0 Å². The highest BCUT2D eigenvalue weighted by atomic mass is 32.2. The summed E-state index contributed by atoms with van der Waals surface area (Å²) in [5.74, 6) is -0.629. The number of furan rings is 1. The van der Waals surface area contributed by atoms with E-state index < -0.39 is 15.9 Å². The van der Waals surface area contributed by atoms with Crippen molar-refractivity contribution in [2.24, 2.45) is 5.73 Å². The summed E-state index contributed by atoms with van der Waals surface area (Å²) in [6, 6.07) is 6.13. The highest BCUT2D eigenvalue weighted by molar-refractivity contribution is 7.92. The number of sulfonamides is 1. The first kappa shape index (κ1) is 11.5. The van der Waals surface area contributed by atoms with Crippen LogP contribution < -0.4 is 10.5 Å². The largest absolute Gasteiger partial charge is 0.451 e. The van der Waals surface area contributed by atoms with Crippen molar-refractivity contribution >= 4 is 32.6 Å². The van der Waals surface area contributed by atoms with E-state index in [1.165, 1.54) is 12.1 Å². The monoisotopic (exact) mass is 254 g/mol. The van der Waals surface area contributed by atoms with Crippen LogP contribution in [0, 0.1) is 0 Å². The Bertz CT molecular complexity index is 687. The number of nitrogens with one attached hydrogen (secondary N) is 1. The molecule has 1 aromatic carbocycles. The topological polar surface area (TPSA) is 102 Å². The Labute approximate surface area is 97.4 Å². The van der Waals surface area contributed by atoms with Crippen molar-refractivity contribution in [3.63, 3.8) is 0 Å². The first-order chi connectivity index (χ1) is 7.85. The zero-order valence-electron chi connectivity index (χ0n) is 8.93. The third kappa shape index (κ3) is 2.56. The van der Waals surface area contributed by atoms with Crippen LogP contribution in [0.1, 0.15) is 10.6 Å². The fraction of sp³-hybridized carbons (Fsp3) is 0.100. The highest BCUT2D eigenvalue weighted by Gasteiger charge is 2.10. The van der Waals surface area contributed by atoms with Gasteiger partial charge in [0.05, 0.1) is 6.26 Å². The molecule has 1 aromatic heterocycles. The van der Waals surface area contributed by atoms with Crippen molar-refractivity contribution < 1.29 is 17.6 Å². The van der Waals surface area contributed by atoms with E-state index in [1.54, 1.807) is 12.1 Å². The summed E-state index contributed by atoms with van der Waals surface area (Å²) in [5.41, 5.74) is 5.94. The van der Waals surface area contributed by atoms with E-state index in [2.05, 4.69) is 4.72 Å². The zero-order valence-corrected chi connectivity index (χ0v) is 9.74. The molecule has 0 spiro atoms. The lowest BCUT2D eigenvalue weighted by Crippen LogP contribution is -2.09. The van der Waals surface area contributed by atoms with Gasteiger partial charge in [0.2, 0.25) is 10.0 Å². The van der Waals surface area contributed by atoms with Crippen LogP contribution in [0.4, 0.5) is 5.69 Å². The van der Waals surface area contributed by atoms with Crippen molar-refractivity contribution in [1.82, 2.24) is 0 Å². The van der Waals surface area contributed by atoms with Crippen molar-refractivity contribution in [3.05, 3.63) is 30.0 Å². The van der Waals surface area contributed by atoms with Gasteiger partial charge < -0.3 is 10.2 Å². The average molecular weight is 254 g/mol. The van der Waals surface area contributed by atoms with E-state index in [-0.39, 0.29) is 5.76 Å². The van der Waals surface area contributed by atoms with Crippen LogP contribution in [0.25, 0.3) is 11.0 Å². The molecule has 2 rings (SSSR count). The van der Waals surface area contributed by atoms with Gasteiger partial charge in [0.25, 0.3) is 5.91 Å². The quantitative estimate of drug-likeness (QED) is 0.849. The van der Waals surface area contributed by atoms with E-state index >= 15 is 0 Å². The van der Waals surface area contributed by atoms with Crippen LogP contribution in [0.15, 0.2) is 28.7 Å². The van der Waals surface area contributed by atoms with Gasteiger partial charge in [0.1, 0.15) is 5.58 Å². The minimum absolute atomic E-state index is 0.0384. The third-order valence-corrected chi connectivity index (χ3v) is 2.67. The second-order valence-electron chi connectivity index (χ2n) is 3.60. The van der Waals surface area contributed by atoms with Gasteiger partial charge in [-0.25, -0.2) is 8.42 Å². The van der Waals surface area contributed by atoms with Gasteiger partial charge in [-0.05, 0) is 24.3 Å². The lowest BCUT2D eigenvalue weighted by atomic mass is 10.2. The number of anilines is 1. The first-order valence-corrected chi connectivity index (χ1v) is 6.55. The molecular weight excluding hydrogens is 244 g/mol. The molecule has 0 atom stereocenters. The van der Waals surface area contributed by atoms with Crippen LogP contribution in [0.3, 0.4) is 0 Å². The Kier molecular flexibility index (Phi) is 2.55. The molecule has 0 aliphatic heterocycles. The molecule has 0 radical (unpaired) electrons. The summed E-state index contributed by atoms with van der Waals surface area (Å²) in [7, 11) is -3.33. The first-order valence-electron chi connectivity index (χ1n) is 4.66. The van der Waals surface area contributed by atoms with Crippen molar-refractivity contribution in [2.45, 2.75) is 0 Å². The van der Waals surface area contributed by atoms with Gasteiger partial charge in [0.15, 0.2) is 5.76 Å². The Morgan fingerprint density at radius 2 is 2.06 bits per heavy atom. The van der Waals surface area contributed by atoms with E-state index in [1.807, 2.05) is 0 Å². The summed E-state index contributed by atoms with van der Waals surface area (Å²) in [5, 5.41) is 0.604. The second kappa shape index (κ2) is 3.77. The Balaban J connectivity index is 2.47. The molecule has 6 nitrogen and oxygen atoms in total. The molecule has 0 saturated carbocycles. The number of nitrogens with two attached hydrogens (primary N) is 1. The molecule has 3 N–H and O–H groups in total. The van der Waals surface area contributed by atoms with Gasteiger partial charge in [-0.2, -0.15) is 0 Å². The fourth-order valence-corrected chi connectivity index (χ4v) is 2.00. The molecule has 0 aliphatic rings. The molecule has 0 fully saturated rings. The standard InChI is InChI=1S/C10H10N2O4S/c1-17(14,15)12-7-2-3-8-6(4-7)5-9(16-8)10(11)13/h2-5,12H,1H3,(H2,11,13). The molecule has 90 valence electrons. The van der Waals surface area contributed by atoms with Gasteiger partial charge in [0, 0.05) is 11.1 Å². The van der Waals surface area contributed by atoms with E-state index in [0.29, 0.717) is 16.7 Å². The lowest BCUT2D eigenvalue weighted by Gasteiger charge is -2.02. The van der Waals surface area contributed by atoms with Gasteiger partial charge in [-0.15, -0.1) is 0 Å². The van der Waals surface area contributed by atoms with Gasteiger partial charge >= 0.3 is 0 Å². The summed E-state index contributed by atoms with van der Waals surface area (Å²) < 4.78 is 29.6. The average Bonchev–Trinajstić information content (AvgIpc) is 2.57. The smallest absolute Gasteiger partial charge is 0.284 e. The maximum absolute atomic E-state index is 11.0. The molecule has 0 saturated heterocycles. The summed E-state index contributed by atoms with van der Waals surface area (Å²) in [6.45, 7) is 0. The zero-order chi connectivity index (χ0) is 12.6. The minimum atomic E-state index is -3.33. The van der Waals surface area contributed by atoms with Gasteiger partial charge in [-0.3, -0.25) is 9.52 Å². The number of carbonyl (C=O) groups is 1. The van der Waals surface area contributed by atoms with Crippen molar-refractivity contribution in [1.29, 1.82) is 0 Å². The Morgan fingerprint density at radius 1 is 1.35 bits per heavy atom. The second-order valence-corrected chi connectivity index (χ2v) is 5.35. The fourth-order valence-electron chi connectivity index (χ4n) is 1.44. The molecule has 0 unspecified atom stereocenters. The number of hydrogen-bond acceptors (Lipinski definition) is 4. The van der Waals surface area contributed by atoms with Gasteiger partial charge in [-0.1, -0.05) is 0 Å². The minimum Gasteiger partial charge on any atom is -0.451 e. The molecule has 1 heterocycles. The molecule has 1 amide bonds. The SMILES string of the molecule is CS(=O)(=O)Nc1ccc2oc(C(N)=O)cc2c1. The summed E-state index contributed by atoms with van der Waals surface area (Å²) in [4.78, 5) is 10.9. The van der Waals surface area contributed by atoms with Crippen LogP contribution in [-0.2, 0) is 10.0 Å². The Hall–Kier alpha value is -2.02. The van der Waals surface area contributed by atoms with E-state index in [4.69, 9.17) is 10.2 Å². The van der Waals surface area contributed by atoms with Crippen LogP contribution in [-0.4, -0.2) is 20.6 Å². The van der Waals surface area contributed by atoms with Crippen molar-refractivity contribution in [2.75, 3.05) is 11.0 Å². The lowest BCUT2D eigenvalue weighted by molar-refractivity contribution is 0.0976. The maximum Gasteiger partial charge on any atom is 0.284 e. The predicted molar refractivity (Wildman–Crippen MR) is 63.2 cm³/mol. The number of fused-ring (bicyclic) bond motifs is 1. The normalized spacial score (nSPS) is 11.6. The summed E-state index contributed by atoms with van der Waals surface area (Å²) in [6.07, 6.45) is 1.06. The summed E-state index contributed by atoms with van der Waals surface area (Å²) >= 11 is 0. The molecule has 7 heteroatoms. The number of primary amides is 1. The van der Waals surface area contributed by atoms with E-state index in [0.717, 1.165) is 6.26 Å². The molecule has 0 bridgehead atoms. The molecule has 2 aromatic rings. The Morgan fingerprint density at radius 3 is 2.65 bits per heavy atom. The third-order valence-electron chi connectivity index (χ3n) is 2.06. The predicted octanol–water partition coefficient (Wildman–Crippen LogP) is 0.903. The molecule has 0 aliphatic carbocycles. The van der Waals surface area contributed by atoms with Crippen LogP contribution >= 0.6 is 0 Å². The highest BCUT2D eigenvalue weighted by Crippen LogP contribution is 2.23. The van der Waals surface area contributed by atoms with E-state index in [9.17, 15) is 13.2 Å². The molecule has 17 heavy (non-hydrogen) atoms. The maximum atomic E-state index is 11.0.